The zero-order valence-electron chi connectivity index (χ0n) is 11.4. The fourth-order valence-electron chi connectivity index (χ4n) is 1.87. The molecule has 0 amide bonds. The van der Waals surface area contributed by atoms with E-state index in [1.54, 1.807) is 0 Å². The van der Waals surface area contributed by atoms with E-state index in [0.717, 1.165) is 25.4 Å². The molecule has 0 aliphatic carbocycles. The molecule has 0 bridgehead atoms. The molecule has 4 heteroatoms. The maximum absolute atomic E-state index is 4.05. The minimum absolute atomic E-state index is 0.958. The van der Waals surface area contributed by atoms with Gasteiger partial charge in [0.1, 0.15) is 0 Å². The van der Waals surface area contributed by atoms with Crippen LogP contribution in [0.5, 0.6) is 0 Å². The Kier molecular flexibility index (Phi) is 5.98. The smallest absolute Gasteiger partial charge is 0.0945 e. The molecule has 0 aliphatic rings. The van der Waals surface area contributed by atoms with E-state index in [9.17, 15) is 0 Å². The lowest BCUT2D eigenvalue weighted by atomic mass is 10.2. The molecule has 0 aliphatic heterocycles. The molecule has 19 heavy (non-hydrogen) atoms. The van der Waals surface area contributed by atoms with Gasteiger partial charge in [0.2, 0.25) is 0 Å². The summed E-state index contributed by atoms with van der Waals surface area (Å²) >= 11 is 1.93. The van der Waals surface area contributed by atoms with Crippen molar-refractivity contribution in [3.63, 3.8) is 0 Å². The van der Waals surface area contributed by atoms with Crippen LogP contribution in [0.15, 0.2) is 47.9 Å². The Morgan fingerprint density at radius 3 is 3.11 bits per heavy atom. The maximum atomic E-state index is 4.05. The highest BCUT2D eigenvalue weighted by Crippen LogP contribution is 2.20. The first-order chi connectivity index (χ1) is 9.38. The largest absolute Gasteiger partial charge is 0.337 e. The molecule has 0 spiro atoms. The van der Waals surface area contributed by atoms with Crippen LogP contribution >= 0.6 is 11.8 Å². The molecule has 0 atom stereocenters. The van der Waals surface area contributed by atoms with Crippen molar-refractivity contribution in [2.75, 3.05) is 12.3 Å². The van der Waals surface area contributed by atoms with Crippen molar-refractivity contribution in [1.82, 2.24) is 14.9 Å². The molecule has 0 radical (unpaired) electrons. The van der Waals surface area contributed by atoms with E-state index in [2.05, 4.69) is 46.1 Å². The van der Waals surface area contributed by atoms with Crippen molar-refractivity contribution in [2.45, 2.75) is 31.3 Å². The Morgan fingerprint density at radius 1 is 1.37 bits per heavy atom. The third-order valence-corrected chi connectivity index (χ3v) is 3.95. The number of hydrogen-bond acceptors (Lipinski definition) is 3. The molecule has 2 rings (SSSR count). The average Bonchev–Trinajstić information content (AvgIpc) is 2.95. The van der Waals surface area contributed by atoms with Gasteiger partial charge in [-0.25, -0.2) is 4.98 Å². The summed E-state index contributed by atoms with van der Waals surface area (Å²) in [7, 11) is 0. The van der Waals surface area contributed by atoms with Crippen LogP contribution in [0.25, 0.3) is 0 Å². The monoisotopic (exact) mass is 275 g/mol. The van der Waals surface area contributed by atoms with Gasteiger partial charge in [0.25, 0.3) is 0 Å². The van der Waals surface area contributed by atoms with E-state index in [4.69, 9.17) is 0 Å². The number of nitrogens with one attached hydrogen (secondary N) is 1. The summed E-state index contributed by atoms with van der Waals surface area (Å²) in [6.07, 6.45) is 6.89. The molecule has 3 nitrogen and oxygen atoms in total. The summed E-state index contributed by atoms with van der Waals surface area (Å²) < 4.78 is 2.13. The molecule has 1 aromatic heterocycles. The quantitative estimate of drug-likeness (QED) is 0.593. The summed E-state index contributed by atoms with van der Waals surface area (Å²) in [5.41, 5.74) is 1.36. The van der Waals surface area contributed by atoms with E-state index in [0.29, 0.717) is 0 Å². The molecule has 2 aromatic rings. The first-order valence-corrected chi connectivity index (χ1v) is 7.75. The zero-order chi connectivity index (χ0) is 13.3. The Bertz CT molecular complexity index is 468. The molecule has 0 unspecified atom stereocenters. The highest BCUT2D eigenvalue weighted by atomic mass is 32.2. The van der Waals surface area contributed by atoms with Crippen LogP contribution in [-0.2, 0) is 13.1 Å². The SMILES string of the molecule is CCNCc1cccc(SCCCn2ccnc2)c1. The van der Waals surface area contributed by atoms with Crippen LogP contribution in [0.1, 0.15) is 18.9 Å². The number of hydrogen-bond donors (Lipinski definition) is 1. The van der Waals surface area contributed by atoms with Crippen molar-refractivity contribution < 1.29 is 0 Å². The summed E-state index contributed by atoms with van der Waals surface area (Å²) in [5, 5.41) is 3.36. The Labute approximate surface area is 119 Å². The first kappa shape index (κ1) is 14.2. The maximum Gasteiger partial charge on any atom is 0.0945 e. The Morgan fingerprint density at radius 2 is 2.32 bits per heavy atom. The van der Waals surface area contributed by atoms with Crippen molar-refractivity contribution in [2.24, 2.45) is 0 Å². The summed E-state index contributed by atoms with van der Waals surface area (Å²) in [4.78, 5) is 5.41. The third kappa shape index (κ3) is 5.09. The minimum Gasteiger partial charge on any atom is -0.337 e. The Balaban J connectivity index is 1.73. The van der Waals surface area contributed by atoms with Gasteiger partial charge in [-0.3, -0.25) is 0 Å². The molecule has 1 heterocycles. The second kappa shape index (κ2) is 8.02. The van der Waals surface area contributed by atoms with E-state index in [-0.39, 0.29) is 0 Å². The van der Waals surface area contributed by atoms with Gasteiger partial charge in [0.05, 0.1) is 6.33 Å². The van der Waals surface area contributed by atoms with Crippen LogP contribution in [0.2, 0.25) is 0 Å². The van der Waals surface area contributed by atoms with Gasteiger partial charge in [-0.2, -0.15) is 0 Å². The van der Waals surface area contributed by atoms with Crippen LogP contribution < -0.4 is 5.32 Å². The van der Waals surface area contributed by atoms with Gasteiger partial charge in [-0.15, -0.1) is 11.8 Å². The van der Waals surface area contributed by atoms with Gasteiger partial charge in [0, 0.05) is 30.4 Å². The number of nitrogens with zero attached hydrogens (tertiary/aromatic N) is 2. The lowest BCUT2D eigenvalue weighted by Gasteiger charge is -2.06. The second-order valence-corrected chi connectivity index (χ2v) is 5.60. The van der Waals surface area contributed by atoms with Crippen LogP contribution in [0.3, 0.4) is 0 Å². The topological polar surface area (TPSA) is 29.9 Å². The summed E-state index contributed by atoms with van der Waals surface area (Å²) in [6.45, 7) is 5.15. The van der Waals surface area contributed by atoms with E-state index < -0.39 is 0 Å². The van der Waals surface area contributed by atoms with Crippen LogP contribution in [-0.4, -0.2) is 21.8 Å². The van der Waals surface area contributed by atoms with Crippen LogP contribution in [0.4, 0.5) is 0 Å². The average molecular weight is 275 g/mol. The molecule has 1 aromatic carbocycles. The van der Waals surface area contributed by atoms with Crippen molar-refractivity contribution in [3.05, 3.63) is 48.5 Å². The predicted molar refractivity (Wildman–Crippen MR) is 81.4 cm³/mol. The summed E-state index contributed by atoms with van der Waals surface area (Å²) in [6, 6.07) is 8.80. The van der Waals surface area contributed by atoms with Crippen molar-refractivity contribution >= 4 is 11.8 Å². The zero-order valence-corrected chi connectivity index (χ0v) is 12.2. The number of benzene rings is 1. The van der Waals surface area contributed by atoms with Gasteiger partial charge in [-0.1, -0.05) is 19.1 Å². The molecular weight excluding hydrogens is 254 g/mol. The Hall–Kier alpha value is -1.26. The van der Waals surface area contributed by atoms with E-state index in [1.165, 1.54) is 16.9 Å². The number of aryl methyl sites for hydroxylation is 1. The predicted octanol–water partition coefficient (Wildman–Crippen LogP) is 3.18. The van der Waals surface area contributed by atoms with Gasteiger partial charge >= 0.3 is 0 Å². The number of aromatic nitrogens is 2. The number of rotatable bonds is 8. The number of imidazole rings is 1. The van der Waals surface area contributed by atoms with Gasteiger partial charge < -0.3 is 9.88 Å². The molecular formula is C15H21N3S. The molecule has 0 saturated heterocycles. The fourth-order valence-corrected chi connectivity index (χ4v) is 2.79. The fraction of sp³-hybridized carbons (Fsp3) is 0.400. The molecule has 0 saturated carbocycles. The molecule has 1 N–H and O–H groups in total. The third-order valence-electron chi connectivity index (χ3n) is 2.87. The lowest BCUT2D eigenvalue weighted by Crippen LogP contribution is -2.11. The minimum atomic E-state index is 0.958. The van der Waals surface area contributed by atoms with Crippen LogP contribution in [0, 0.1) is 0 Å². The van der Waals surface area contributed by atoms with E-state index >= 15 is 0 Å². The highest BCUT2D eigenvalue weighted by Gasteiger charge is 1.97. The van der Waals surface area contributed by atoms with Crippen molar-refractivity contribution in [1.29, 1.82) is 0 Å². The first-order valence-electron chi connectivity index (χ1n) is 6.76. The molecule has 102 valence electrons. The highest BCUT2D eigenvalue weighted by molar-refractivity contribution is 7.99. The van der Waals surface area contributed by atoms with Gasteiger partial charge in [-0.05, 0) is 36.4 Å². The van der Waals surface area contributed by atoms with E-state index in [1.807, 2.05) is 30.5 Å². The summed E-state index contributed by atoms with van der Waals surface area (Å²) in [5.74, 6) is 1.14. The lowest BCUT2D eigenvalue weighted by molar-refractivity contribution is 0.683. The van der Waals surface area contributed by atoms with Crippen molar-refractivity contribution in [3.8, 4) is 0 Å². The second-order valence-electron chi connectivity index (χ2n) is 4.43. The normalized spacial score (nSPS) is 10.8. The van der Waals surface area contributed by atoms with Gasteiger partial charge in [0.15, 0.2) is 0 Å². The molecule has 0 fully saturated rings. The number of thioether (sulfide) groups is 1. The standard InChI is InChI=1S/C15H21N3S/c1-2-16-12-14-5-3-6-15(11-14)19-10-4-8-18-9-7-17-13-18/h3,5-7,9,11,13,16H,2,4,8,10,12H2,1H3.